The molecular formula is C13H17NO4S. The molecule has 0 saturated carbocycles. The van der Waals surface area contributed by atoms with Crippen LogP contribution in [0, 0.1) is 5.92 Å². The van der Waals surface area contributed by atoms with Crippen molar-refractivity contribution in [1.82, 2.24) is 0 Å². The Morgan fingerprint density at radius 1 is 1.16 bits per heavy atom. The zero-order chi connectivity index (χ0) is 14.8. The quantitative estimate of drug-likeness (QED) is 0.295. The van der Waals surface area contributed by atoms with Crippen LogP contribution >= 0.6 is 12.2 Å². The van der Waals surface area contributed by atoms with Crippen LogP contribution in [0.15, 0.2) is 29.3 Å². The highest BCUT2D eigenvalue weighted by Gasteiger charge is 2.15. The van der Waals surface area contributed by atoms with Crippen LogP contribution in [0.2, 0.25) is 0 Å². The van der Waals surface area contributed by atoms with E-state index in [1.807, 2.05) is 0 Å². The molecule has 0 aromatic rings. The highest BCUT2D eigenvalue weighted by molar-refractivity contribution is 7.78. The first-order chi connectivity index (χ1) is 8.88. The summed E-state index contributed by atoms with van der Waals surface area (Å²) in [7, 11) is 0. The molecule has 0 saturated heterocycles. The van der Waals surface area contributed by atoms with E-state index in [2.05, 4.69) is 35.5 Å². The summed E-state index contributed by atoms with van der Waals surface area (Å²) < 4.78 is 9.96. The van der Waals surface area contributed by atoms with Gasteiger partial charge in [0.1, 0.15) is 0 Å². The van der Waals surface area contributed by atoms with E-state index in [4.69, 9.17) is 9.47 Å². The van der Waals surface area contributed by atoms with E-state index in [1.54, 1.807) is 13.8 Å². The molecule has 0 atom stereocenters. The molecule has 0 aromatic carbocycles. The number of hydrogen-bond acceptors (Lipinski definition) is 6. The fourth-order valence-corrected chi connectivity index (χ4v) is 1.03. The maximum atomic E-state index is 11.3. The van der Waals surface area contributed by atoms with Crippen molar-refractivity contribution in [3.8, 4) is 0 Å². The summed E-state index contributed by atoms with van der Waals surface area (Å²) in [6.07, 6.45) is 0. The SMILES string of the molecule is C=C(C)C(=O)OCC(CN=C=S)COC(=O)C(=C)C. The number of hydrogen-bond donors (Lipinski definition) is 0. The molecule has 19 heavy (non-hydrogen) atoms. The monoisotopic (exact) mass is 283 g/mol. The smallest absolute Gasteiger partial charge is 0.333 e. The molecule has 0 aliphatic heterocycles. The Kier molecular flexibility index (Phi) is 8.33. The number of esters is 2. The van der Waals surface area contributed by atoms with Crippen LogP contribution in [0.4, 0.5) is 0 Å². The van der Waals surface area contributed by atoms with E-state index in [1.165, 1.54) is 0 Å². The first-order valence-electron chi connectivity index (χ1n) is 5.57. The van der Waals surface area contributed by atoms with Crippen LogP contribution < -0.4 is 0 Å². The van der Waals surface area contributed by atoms with E-state index in [0.29, 0.717) is 11.1 Å². The first-order valence-corrected chi connectivity index (χ1v) is 5.98. The fourth-order valence-electron chi connectivity index (χ4n) is 0.953. The van der Waals surface area contributed by atoms with Crippen LogP contribution in [-0.2, 0) is 19.1 Å². The standard InChI is InChI=1S/C13H17NO4S/c1-9(2)12(15)17-6-11(5-14-8-19)7-18-13(16)10(3)4/h11H,1,3,5-7H2,2,4H3. The molecule has 0 heterocycles. The predicted molar refractivity (Wildman–Crippen MR) is 74.9 cm³/mol. The zero-order valence-corrected chi connectivity index (χ0v) is 11.9. The molecule has 0 aliphatic carbocycles. The van der Waals surface area contributed by atoms with E-state index in [0.717, 1.165) is 0 Å². The Labute approximate surface area is 118 Å². The zero-order valence-electron chi connectivity index (χ0n) is 11.1. The number of carbonyl (C=O) groups excluding carboxylic acids is 2. The van der Waals surface area contributed by atoms with Crippen LogP contribution in [0.5, 0.6) is 0 Å². The first kappa shape index (κ1) is 17.2. The summed E-state index contributed by atoms with van der Waals surface area (Å²) in [5.41, 5.74) is 0.604. The van der Waals surface area contributed by atoms with Crippen LogP contribution in [-0.4, -0.2) is 36.9 Å². The number of thiocarbonyl (C=S) groups is 1. The van der Waals surface area contributed by atoms with Gasteiger partial charge in [-0.1, -0.05) is 13.2 Å². The maximum absolute atomic E-state index is 11.3. The highest BCUT2D eigenvalue weighted by atomic mass is 32.1. The third-order valence-corrected chi connectivity index (χ3v) is 2.14. The minimum Gasteiger partial charge on any atom is -0.462 e. The van der Waals surface area contributed by atoms with Crippen LogP contribution in [0.1, 0.15) is 13.8 Å². The molecule has 0 unspecified atom stereocenters. The lowest BCUT2D eigenvalue weighted by molar-refractivity contribution is -0.143. The van der Waals surface area contributed by atoms with E-state index < -0.39 is 11.9 Å². The summed E-state index contributed by atoms with van der Waals surface area (Å²) >= 11 is 4.46. The lowest BCUT2D eigenvalue weighted by Gasteiger charge is -2.14. The number of isothiocyanates is 1. The van der Waals surface area contributed by atoms with Gasteiger partial charge in [-0.15, -0.1) is 0 Å². The average Bonchev–Trinajstić information content (AvgIpc) is 2.36. The van der Waals surface area contributed by atoms with E-state index >= 15 is 0 Å². The van der Waals surface area contributed by atoms with Gasteiger partial charge in [-0.05, 0) is 26.1 Å². The van der Waals surface area contributed by atoms with Crippen LogP contribution in [0.3, 0.4) is 0 Å². The number of rotatable bonds is 8. The van der Waals surface area contributed by atoms with Gasteiger partial charge >= 0.3 is 11.9 Å². The molecule has 104 valence electrons. The van der Waals surface area contributed by atoms with Gasteiger partial charge in [0.05, 0.1) is 24.9 Å². The van der Waals surface area contributed by atoms with Gasteiger partial charge in [0, 0.05) is 17.1 Å². The number of ether oxygens (including phenoxy) is 2. The Bertz CT molecular complexity index is 394. The molecule has 0 rings (SSSR count). The van der Waals surface area contributed by atoms with Gasteiger partial charge in [0.15, 0.2) is 0 Å². The number of carbonyl (C=O) groups is 2. The van der Waals surface area contributed by atoms with Gasteiger partial charge in [-0.3, -0.25) is 0 Å². The second-order valence-electron chi connectivity index (χ2n) is 4.06. The topological polar surface area (TPSA) is 65.0 Å². The molecular weight excluding hydrogens is 266 g/mol. The molecule has 0 amide bonds. The van der Waals surface area contributed by atoms with Crippen molar-refractivity contribution < 1.29 is 19.1 Å². The van der Waals surface area contributed by atoms with Crippen molar-refractivity contribution in [2.75, 3.05) is 19.8 Å². The van der Waals surface area contributed by atoms with E-state index in [9.17, 15) is 9.59 Å². The molecule has 0 radical (unpaired) electrons. The second-order valence-corrected chi connectivity index (χ2v) is 4.24. The molecule has 0 aromatic heterocycles. The summed E-state index contributed by atoms with van der Waals surface area (Å²) in [5, 5.41) is 2.21. The third kappa shape index (κ3) is 8.02. The largest absolute Gasteiger partial charge is 0.462 e. The number of aliphatic imine (C=N–C) groups is 1. The van der Waals surface area contributed by atoms with Crippen molar-refractivity contribution in [3.63, 3.8) is 0 Å². The number of nitrogens with zero attached hydrogens (tertiary/aromatic N) is 1. The summed E-state index contributed by atoms with van der Waals surface area (Å²) in [6.45, 7) is 10.4. The van der Waals surface area contributed by atoms with Gasteiger partial charge < -0.3 is 9.47 Å². The summed E-state index contributed by atoms with van der Waals surface area (Å²) in [6, 6.07) is 0. The molecule has 0 N–H and O–H groups in total. The fraction of sp³-hybridized carbons (Fsp3) is 0.462. The molecule has 0 fully saturated rings. The van der Waals surface area contributed by atoms with Crippen molar-refractivity contribution in [3.05, 3.63) is 24.3 Å². The maximum Gasteiger partial charge on any atom is 0.333 e. The Balaban J connectivity index is 4.34. The normalized spacial score (nSPS) is 9.42. The Morgan fingerprint density at radius 3 is 1.89 bits per heavy atom. The van der Waals surface area contributed by atoms with Crippen molar-refractivity contribution >= 4 is 29.3 Å². The Hall–Kier alpha value is -1.78. The molecule has 5 nitrogen and oxygen atoms in total. The van der Waals surface area contributed by atoms with Crippen molar-refractivity contribution in [2.45, 2.75) is 13.8 Å². The summed E-state index contributed by atoms with van der Waals surface area (Å²) in [5.74, 6) is -1.27. The molecule has 0 bridgehead atoms. The van der Waals surface area contributed by atoms with Gasteiger partial charge in [-0.2, -0.15) is 0 Å². The Morgan fingerprint density at radius 2 is 1.58 bits per heavy atom. The minimum absolute atomic E-state index is 0.0652. The third-order valence-electron chi connectivity index (χ3n) is 2.01. The molecule has 0 spiro atoms. The average molecular weight is 283 g/mol. The second kappa shape index (κ2) is 9.19. The lowest BCUT2D eigenvalue weighted by Crippen LogP contribution is -2.23. The van der Waals surface area contributed by atoms with Crippen molar-refractivity contribution in [1.29, 1.82) is 0 Å². The minimum atomic E-state index is -0.498. The molecule has 0 aliphatic rings. The predicted octanol–water partition coefficient (Wildman–Crippen LogP) is 1.94. The summed E-state index contributed by atoms with van der Waals surface area (Å²) in [4.78, 5) is 26.3. The van der Waals surface area contributed by atoms with Crippen molar-refractivity contribution in [2.24, 2.45) is 10.9 Å². The lowest BCUT2D eigenvalue weighted by atomic mass is 10.2. The van der Waals surface area contributed by atoms with E-state index in [-0.39, 0.29) is 25.7 Å². The highest BCUT2D eigenvalue weighted by Crippen LogP contribution is 2.04. The van der Waals surface area contributed by atoms with Gasteiger partial charge in [0.2, 0.25) is 0 Å². The van der Waals surface area contributed by atoms with Gasteiger partial charge in [-0.25, -0.2) is 14.6 Å². The molecule has 6 heteroatoms. The van der Waals surface area contributed by atoms with Crippen LogP contribution in [0.25, 0.3) is 0 Å². The van der Waals surface area contributed by atoms with Gasteiger partial charge in [0.25, 0.3) is 0 Å².